The molecule has 2 aromatic rings. The Kier molecular flexibility index (Phi) is 3.90. The molecule has 4 rings (SSSR count). The van der Waals surface area contributed by atoms with Crippen LogP contribution in [-0.2, 0) is 16.0 Å². The van der Waals surface area contributed by atoms with Crippen LogP contribution in [0.3, 0.4) is 0 Å². The largest absolute Gasteiger partial charge is 0.481 e. The van der Waals surface area contributed by atoms with E-state index < -0.39 is 5.97 Å². The van der Waals surface area contributed by atoms with Crippen LogP contribution >= 0.6 is 0 Å². The fourth-order valence-corrected chi connectivity index (χ4v) is 4.12. The van der Waals surface area contributed by atoms with E-state index in [1.807, 2.05) is 24.0 Å². The minimum atomic E-state index is -0.712. The molecule has 25 heavy (non-hydrogen) atoms. The molecule has 1 aliphatic heterocycles. The van der Waals surface area contributed by atoms with E-state index in [2.05, 4.69) is 16.0 Å². The molecule has 2 aliphatic rings. The molecule has 0 unspecified atom stereocenters. The Bertz CT molecular complexity index is 851. The van der Waals surface area contributed by atoms with Crippen LogP contribution in [0, 0.1) is 24.7 Å². The first kappa shape index (κ1) is 16.0. The summed E-state index contributed by atoms with van der Waals surface area (Å²) in [4.78, 5) is 34.3. The molecule has 3 atom stereocenters. The molecule has 1 saturated heterocycles. The molecule has 2 aromatic heterocycles. The summed E-state index contributed by atoms with van der Waals surface area (Å²) in [5, 5.41) is 10.1. The third-order valence-corrected chi connectivity index (χ3v) is 5.63. The lowest BCUT2D eigenvalue weighted by Crippen LogP contribution is -2.37. The molecule has 130 valence electrons. The van der Waals surface area contributed by atoms with E-state index in [-0.39, 0.29) is 23.7 Å². The number of rotatable bonds is 4. The highest BCUT2D eigenvalue weighted by Gasteiger charge is 2.57. The van der Waals surface area contributed by atoms with E-state index in [1.54, 1.807) is 6.20 Å². The number of carboxylic acids is 1. The van der Waals surface area contributed by atoms with Gasteiger partial charge < -0.3 is 10.0 Å². The van der Waals surface area contributed by atoms with Crippen LogP contribution < -0.4 is 0 Å². The van der Waals surface area contributed by atoms with E-state index in [0.717, 1.165) is 28.7 Å². The first-order valence-electron chi connectivity index (χ1n) is 8.76. The van der Waals surface area contributed by atoms with Gasteiger partial charge >= 0.3 is 5.97 Å². The number of amides is 1. The van der Waals surface area contributed by atoms with Gasteiger partial charge in [-0.2, -0.15) is 0 Å². The summed E-state index contributed by atoms with van der Waals surface area (Å²) in [6.45, 7) is 3.23. The topological polar surface area (TPSA) is 83.4 Å². The SMILES string of the molecule is Cc1nc2ncccc2cc1CCC(=O)N1CC[C@H]2[C@@H](C1)[C@H]2C(=O)O. The number of likely N-dealkylation sites (tertiary alicyclic amines) is 1. The number of fused-ring (bicyclic) bond motifs is 2. The summed E-state index contributed by atoms with van der Waals surface area (Å²) in [5.74, 6) is -0.403. The molecule has 1 amide bonds. The van der Waals surface area contributed by atoms with Gasteiger partial charge in [0.2, 0.25) is 5.91 Å². The zero-order chi connectivity index (χ0) is 17.6. The van der Waals surface area contributed by atoms with Crippen molar-refractivity contribution in [2.75, 3.05) is 13.1 Å². The van der Waals surface area contributed by atoms with Gasteiger partial charge in [-0.25, -0.2) is 9.97 Å². The van der Waals surface area contributed by atoms with E-state index in [1.165, 1.54) is 0 Å². The Labute approximate surface area is 145 Å². The second-order valence-electron chi connectivity index (χ2n) is 7.10. The van der Waals surface area contributed by atoms with Crippen molar-refractivity contribution < 1.29 is 14.7 Å². The maximum absolute atomic E-state index is 12.5. The van der Waals surface area contributed by atoms with Crippen LogP contribution in [0.15, 0.2) is 24.4 Å². The highest BCUT2D eigenvalue weighted by atomic mass is 16.4. The molecule has 0 aromatic carbocycles. The van der Waals surface area contributed by atoms with E-state index in [4.69, 9.17) is 5.11 Å². The number of hydrogen-bond donors (Lipinski definition) is 1. The molecule has 2 fully saturated rings. The molecule has 0 radical (unpaired) electrons. The van der Waals surface area contributed by atoms with Gasteiger partial charge in [0, 0.05) is 36.8 Å². The van der Waals surface area contributed by atoms with Gasteiger partial charge in [0.1, 0.15) is 0 Å². The zero-order valence-electron chi connectivity index (χ0n) is 14.2. The third-order valence-electron chi connectivity index (χ3n) is 5.63. The van der Waals surface area contributed by atoms with Crippen molar-refractivity contribution in [3.63, 3.8) is 0 Å². The lowest BCUT2D eigenvalue weighted by Gasteiger charge is -2.26. The van der Waals surface area contributed by atoms with Gasteiger partial charge in [-0.15, -0.1) is 0 Å². The zero-order valence-corrected chi connectivity index (χ0v) is 14.2. The quantitative estimate of drug-likeness (QED) is 0.922. The van der Waals surface area contributed by atoms with Gasteiger partial charge in [0.25, 0.3) is 0 Å². The smallest absolute Gasteiger partial charge is 0.307 e. The molecule has 1 saturated carbocycles. The predicted molar refractivity (Wildman–Crippen MR) is 91.9 cm³/mol. The number of aromatic nitrogens is 2. The number of nitrogens with zero attached hydrogens (tertiary/aromatic N) is 3. The first-order chi connectivity index (χ1) is 12.0. The summed E-state index contributed by atoms with van der Waals surface area (Å²) in [6.07, 6.45) is 3.62. The third kappa shape index (κ3) is 2.97. The van der Waals surface area contributed by atoms with Crippen molar-refractivity contribution in [3.8, 4) is 0 Å². The van der Waals surface area contributed by atoms with Crippen molar-refractivity contribution in [3.05, 3.63) is 35.7 Å². The monoisotopic (exact) mass is 339 g/mol. The summed E-state index contributed by atoms with van der Waals surface area (Å²) < 4.78 is 0. The Morgan fingerprint density at radius 1 is 1.36 bits per heavy atom. The maximum Gasteiger partial charge on any atom is 0.307 e. The van der Waals surface area contributed by atoms with Crippen LogP contribution in [-0.4, -0.2) is 44.9 Å². The summed E-state index contributed by atoms with van der Waals surface area (Å²) in [5.41, 5.74) is 2.70. The molecule has 6 heteroatoms. The number of pyridine rings is 2. The lowest BCUT2D eigenvalue weighted by molar-refractivity contribution is -0.139. The summed E-state index contributed by atoms with van der Waals surface area (Å²) >= 11 is 0. The Morgan fingerprint density at radius 3 is 3.00 bits per heavy atom. The first-order valence-corrected chi connectivity index (χ1v) is 8.76. The van der Waals surface area contributed by atoms with Gasteiger partial charge in [-0.05, 0) is 55.4 Å². The second kappa shape index (κ2) is 6.10. The average molecular weight is 339 g/mol. The highest BCUT2D eigenvalue weighted by Crippen LogP contribution is 2.51. The molecule has 3 heterocycles. The number of hydrogen-bond acceptors (Lipinski definition) is 4. The lowest BCUT2D eigenvalue weighted by atomic mass is 10.0. The highest BCUT2D eigenvalue weighted by molar-refractivity contribution is 5.79. The molecule has 0 bridgehead atoms. The predicted octanol–water partition coefficient (Wildman–Crippen LogP) is 2.05. The normalized spacial score (nSPS) is 24.8. The number of carbonyl (C=O) groups excluding carboxylic acids is 1. The van der Waals surface area contributed by atoms with Gasteiger partial charge in [-0.1, -0.05) is 0 Å². The van der Waals surface area contributed by atoms with Crippen molar-refractivity contribution >= 4 is 22.9 Å². The average Bonchev–Trinajstić information content (AvgIpc) is 3.33. The number of carboxylic acid groups (broad SMARTS) is 1. The van der Waals surface area contributed by atoms with Crippen LogP contribution in [0.5, 0.6) is 0 Å². The summed E-state index contributed by atoms with van der Waals surface area (Å²) in [7, 11) is 0. The second-order valence-corrected chi connectivity index (χ2v) is 7.10. The number of piperidine rings is 1. The van der Waals surface area contributed by atoms with Crippen molar-refractivity contribution in [1.82, 2.24) is 14.9 Å². The Hall–Kier alpha value is -2.50. The van der Waals surface area contributed by atoms with E-state index in [9.17, 15) is 9.59 Å². The van der Waals surface area contributed by atoms with Crippen LogP contribution in [0.4, 0.5) is 0 Å². The van der Waals surface area contributed by atoms with Gasteiger partial charge in [0.15, 0.2) is 5.65 Å². The maximum atomic E-state index is 12.5. The Morgan fingerprint density at radius 2 is 2.20 bits per heavy atom. The van der Waals surface area contributed by atoms with Crippen LogP contribution in [0.1, 0.15) is 24.1 Å². The molecule has 1 N–H and O–H groups in total. The molecule has 6 nitrogen and oxygen atoms in total. The van der Waals surface area contributed by atoms with E-state index in [0.29, 0.717) is 25.9 Å². The van der Waals surface area contributed by atoms with Gasteiger partial charge in [0.05, 0.1) is 5.92 Å². The number of carbonyl (C=O) groups is 2. The molecular weight excluding hydrogens is 318 g/mol. The van der Waals surface area contributed by atoms with Crippen LogP contribution in [0.25, 0.3) is 11.0 Å². The van der Waals surface area contributed by atoms with Crippen LogP contribution in [0.2, 0.25) is 0 Å². The minimum absolute atomic E-state index is 0.111. The van der Waals surface area contributed by atoms with Crippen molar-refractivity contribution in [2.24, 2.45) is 17.8 Å². The van der Waals surface area contributed by atoms with Crippen molar-refractivity contribution in [2.45, 2.75) is 26.2 Å². The number of aryl methyl sites for hydroxylation is 2. The standard InChI is InChI=1S/C19H21N3O3/c1-11-12(9-13-3-2-7-20-18(13)21-11)4-5-16(23)22-8-6-14-15(10-22)17(14)19(24)25/h2-3,7,9,14-15,17H,4-6,8,10H2,1H3,(H,24,25)/t14-,15+,17-/m0/s1. The molecular formula is C19H21N3O3. The molecule has 0 spiro atoms. The number of aliphatic carboxylic acids is 1. The fourth-order valence-electron chi connectivity index (χ4n) is 4.12. The van der Waals surface area contributed by atoms with Gasteiger partial charge in [-0.3, -0.25) is 9.59 Å². The van der Waals surface area contributed by atoms with Crippen molar-refractivity contribution in [1.29, 1.82) is 0 Å². The summed E-state index contributed by atoms with van der Waals surface area (Å²) in [6, 6.07) is 5.92. The fraction of sp³-hybridized carbons (Fsp3) is 0.474. The molecule has 1 aliphatic carbocycles. The minimum Gasteiger partial charge on any atom is -0.481 e. The Balaban J connectivity index is 1.39. The van der Waals surface area contributed by atoms with E-state index >= 15 is 0 Å².